The van der Waals surface area contributed by atoms with Gasteiger partial charge in [0.05, 0.1) is 0 Å². The third kappa shape index (κ3) is 14.6. The highest BCUT2D eigenvalue weighted by Gasteiger charge is 2.35. The van der Waals surface area contributed by atoms with Crippen LogP contribution in [-0.4, -0.2) is 22.5 Å². The highest BCUT2D eigenvalue weighted by Crippen LogP contribution is 2.33. The van der Waals surface area contributed by atoms with E-state index in [2.05, 4.69) is 53.4 Å². The Kier molecular flexibility index (Phi) is 17.6. The van der Waals surface area contributed by atoms with Crippen molar-refractivity contribution in [2.24, 2.45) is 0 Å². The lowest BCUT2D eigenvalue weighted by molar-refractivity contribution is 0.00815. The highest BCUT2D eigenvalue weighted by molar-refractivity contribution is 4.91. The van der Waals surface area contributed by atoms with E-state index in [-0.39, 0.29) is 0 Å². The number of unbranched alkanes of at least 4 members (excludes halogenated alkanes) is 14. The highest BCUT2D eigenvalue weighted by atomic mass is 15.2. The lowest BCUT2D eigenvalue weighted by Gasteiger charge is -2.49. The third-order valence-electron chi connectivity index (χ3n) is 7.06. The van der Waals surface area contributed by atoms with Gasteiger partial charge in [0.2, 0.25) is 0 Å². The van der Waals surface area contributed by atoms with Crippen molar-refractivity contribution < 1.29 is 0 Å². The van der Waals surface area contributed by atoms with Crippen LogP contribution in [0, 0.1) is 0 Å². The van der Waals surface area contributed by atoms with Gasteiger partial charge < -0.3 is 0 Å². The third-order valence-corrected chi connectivity index (χ3v) is 7.06. The first-order chi connectivity index (χ1) is 13.8. The van der Waals surface area contributed by atoms with E-state index in [1.807, 2.05) is 0 Å². The van der Waals surface area contributed by atoms with Crippen molar-refractivity contribution in [2.45, 2.75) is 175 Å². The van der Waals surface area contributed by atoms with Gasteiger partial charge >= 0.3 is 0 Å². The van der Waals surface area contributed by atoms with Gasteiger partial charge in [-0.25, -0.2) is 0 Å². The SMILES string of the molecule is CCCCCCCCCCC(C)(C)N(CC)C(C)(C)CCCCCCCCCC. The zero-order chi connectivity index (χ0) is 22.0. The van der Waals surface area contributed by atoms with Crippen LogP contribution >= 0.6 is 0 Å². The Hall–Kier alpha value is -0.0400. The Morgan fingerprint density at radius 3 is 0.966 bits per heavy atom. The summed E-state index contributed by atoms with van der Waals surface area (Å²) >= 11 is 0. The van der Waals surface area contributed by atoms with Crippen molar-refractivity contribution in [1.29, 1.82) is 0 Å². The quantitative estimate of drug-likeness (QED) is 0.170. The summed E-state index contributed by atoms with van der Waals surface area (Å²) in [4.78, 5) is 2.81. The van der Waals surface area contributed by atoms with E-state index in [1.54, 1.807) is 0 Å². The lowest BCUT2D eigenvalue weighted by Crippen LogP contribution is -2.55. The van der Waals surface area contributed by atoms with Gasteiger partial charge in [0.25, 0.3) is 0 Å². The molecule has 0 saturated carbocycles. The molecule has 1 nitrogen and oxygen atoms in total. The fourth-order valence-electron chi connectivity index (χ4n) is 5.33. The Bertz CT molecular complexity index is 312. The number of nitrogens with zero attached hydrogens (tertiary/aromatic N) is 1. The van der Waals surface area contributed by atoms with Crippen LogP contribution < -0.4 is 0 Å². The summed E-state index contributed by atoms with van der Waals surface area (Å²) in [6.07, 6.45) is 25.4. The fourth-order valence-corrected chi connectivity index (χ4v) is 5.33. The zero-order valence-electron chi connectivity index (χ0n) is 21.9. The molecular formula is C28H59N. The van der Waals surface area contributed by atoms with Crippen LogP contribution in [0.25, 0.3) is 0 Å². The Balaban J connectivity index is 4.13. The van der Waals surface area contributed by atoms with Gasteiger partial charge in [-0.2, -0.15) is 0 Å². The van der Waals surface area contributed by atoms with Crippen molar-refractivity contribution in [1.82, 2.24) is 4.90 Å². The molecule has 0 heterocycles. The second-order valence-corrected chi connectivity index (χ2v) is 10.8. The van der Waals surface area contributed by atoms with Gasteiger partial charge in [-0.15, -0.1) is 0 Å². The molecule has 1 heteroatoms. The molecule has 0 N–H and O–H groups in total. The smallest absolute Gasteiger partial charge is 0.0158 e. The van der Waals surface area contributed by atoms with E-state index in [9.17, 15) is 0 Å². The van der Waals surface area contributed by atoms with Crippen LogP contribution in [0.5, 0.6) is 0 Å². The second kappa shape index (κ2) is 17.6. The first kappa shape index (κ1) is 29.0. The van der Waals surface area contributed by atoms with Crippen LogP contribution in [0.1, 0.15) is 164 Å². The minimum Gasteiger partial charge on any atom is -0.293 e. The summed E-state index contributed by atoms with van der Waals surface area (Å²) in [6, 6.07) is 0. The average Bonchev–Trinajstić information content (AvgIpc) is 2.66. The van der Waals surface area contributed by atoms with E-state index < -0.39 is 0 Å². The average molecular weight is 410 g/mol. The largest absolute Gasteiger partial charge is 0.293 e. The van der Waals surface area contributed by atoms with Crippen LogP contribution in [0.3, 0.4) is 0 Å². The molecule has 0 aliphatic heterocycles. The van der Waals surface area contributed by atoms with Gasteiger partial charge in [-0.05, 0) is 47.1 Å². The molecule has 176 valence electrons. The van der Waals surface area contributed by atoms with E-state index in [0.717, 1.165) is 0 Å². The molecule has 0 atom stereocenters. The van der Waals surface area contributed by atoms with Crippen molar-refractivity contribution >= 4 is 0 Å². The molecule has 29 heavy (non-hydrogen) atoms. The van der Waals surface area contributed by atoms with Crippen molar-refractivity contribution in [3.05, 3.63) is 0 Å². The topological polar surface area (TPSA) is 3.24 Å². The van der Waals surface area contributed by atoms with Gasteiger partial charge in [0.1, 0.15) is 0 Å². The Labute approximate surface area is 186 Å². The predicted octanol–water partition coefficient (Wildman–Crippen LogP) is 9.93. The van der Waals surface area contributed by atoms with Gasteiger partial charge in [-0.3, -0.25) is 4.90 Å². The molecule has 0 rings (SSSR count). The summed E-state index contributed by atoms with van der Waals surface area (Å²) in [7, 11) is 0. The summed E-state index contributed by atoms with van der Waals surface area (Å²) in [5, 5.41) is 0. The zero-order valence-corrected chi connectivity index (χ0v) is 21.9. The number of rotatable bonds is 21. The first-order valence-electron chi connectivity index (χ1n) is 13.6. The van der Waals surface area contributed by atoms with E-state index in [1.165, 1.54) is 122 Å². The Morgan fingerprint density at radius 1 is 0.414 bits per heavy atom. The summed E-state index contributed by atoms with van der Waals surface area (Å²) in [5.41, 5.74) is 0.640. The summed E-state index contributed by atoms with van der Waals surface area (Å²) in [5.74, 6) is 0. The second-order valence-electron chi connectivity index (χ2n) is 10.8. The molecule has 0 bridgehead atoms. The summed E-state index contributed by atoms with van der Waals surface area (Å²) in [6.45, 7) is 18.1. The molecule has 0 aliphatic carbocycles. The molecule has 0 fully saturated rings. The van der Waals surface area contributed by atoms with Crippen molar-refractivity contribution in [2.75, 3.05) is 6.54 Å². The van der Waals surface area contributed by atoms with Crippen LogP contribution in [-0.2, 0) is 0 Å². The molecule has 0 saturated heterocycles. The molecule has 0 unspecified atom stereocenters. The van der Waals surface area contributed by atoms with Gasteiger partial charge in [-0.1, -0.05) is 124 Å². The molecule has 0 aromatic carbocycles. The molecule has 0 spiro atoms. The molecule has 0 aromatic rings. The van der Waals surface area contributed by atoms with Gasteiger partial charge in [0.15, 0.2) is 0 Å². The molecular weight excluding hydrogens is 350 g/mol. The van der Waals surface area contributed by atoms with Crippen molar-refractivity contribution in [3.63, 3.8) is 0 Å². The molecule has 0 radical (unpaired) electrons. The van der Waals surface area contributed by atoms with E-state index in [0.29, 0.717) is 11.1 Å². The fraction of sp³-hybridized carbons (Fsp3) is 1.00. The molecule has 0 amide bonds. The predicted molar refractivity (Wildman–Crippen MR) is 135 cm³/mol. The maximum Gasteiger partial charge on any atom is 0.0158 e. The van der Waals surface area contributed by atoms with Gasteiger partial charge in [0, 0.05) is 11.1 Å². The van der Waals surface area contributed by atoms with Crippen LogP contribution in [0.4, 0.5) is 0 Å². The number of hydrogen-bond acceptors (Lipinski definition) is 1. The standard InChI is InChI=1S/C28H59N/c1-8-11-13-15-17-19-21-23-25-27(4,5)29(10-3)28(6,7)26-24-22-20-18-16-14-12-9-2/h8-26H2,1-7H3. The monoisotopic (exact) mass is 409 g/mol. The maximum absolute atomic E-state index is 2.81. The first-order valence-corrected chi connectivity index (χ1v) is 13.6. The maximum atomic E-state index is 2.81. The van der Waals surface area contributed by atoms with Crippen LogP contribution in [0.15, 0.2) is 0 Å². The molecule has 0 aromatic heterocycles. The minimum absolute atomic E-state index is 0.320. The summed E-state index contributed by atoms with van der Waals surface area (Å²) < 4.78 is 0. The van der Waals surface area contributed by atoms with Crippen molar-refractivity contribution in [3.8, 4) is 0 Å². The van der Waals surface area contributed by atoms with Crippen LogP contribution in [0.2, 0.25) is 0 Å². The Morgan fingerprint density at radius 2 is 0.690 bits per heavy atom. The van der Waals surface area contributed by atoms with E-state index in [4.69, 9.17) is 0 Å². The lowest BCUT2D eigenvalue weighted by atomic mass is 9.85. The minimum atomic E-state index is 0.320. The number of hydrogen-bond donors (Lipinski definition) is 0. The normalized spacial score (nSPS) is 12.8. The molecule has 0 aliphatic rings. The van der Waals surface area contributed by atoms with E-state index >= 15 is 0 Å².